The van der Waals surface area contributed by atoms with E-state index in [9.17, 15) is 4.79 Å². The highest BCUT2D eigenvalue weighted by atomic mass is 16.1. The second kappa shape index (κ2) is 4.87. The standard InChI is InChI=1S/C12H20N4O/c1-8-10(7-16(2)15-8)6-14-12(17)9-3-4-11(13)5-9/h7,9,11H,3-6,13H2,1-2H3,(H,14,17). The highest BCUT2D eigenvalue weighted by molar-refractivity contribution is 5.79. The lowest BCUT2D eigenvalue weighted by Crippen LogP contribution is -2.30. The maximum absolute atomic E-state index is 11.9. The van der Waals surface area contributed by atoms with E-state index >= 15 is 0 Å². The van der Waals surface area contributed by atoms with Crippen molar-refractivity contribution in [2.45, 2.75) is 38.8 Å². The van der Waals surface area contributed by atoms with E-state index in [2.05, 4.69) is 10.4 Å². The van der Waals surface area contributed by atoms with Crippen LogP contribution in [0.2, 0.25) is 0 Å². The number of amides is 1. The number of carbonyl (C=O) groups excluding carboxylic acids is 1. The lowest BCUT2D eigenvalue weighted by molar-refractivity contribution is -0.125. The Morgan fingerprint density at radius 3 is 2.94 bits per heavy atom. The fourth-order valence-electron chi connectivity index (χ4n) is 2.40. The van der Waals surface area contributed by atoms with Gasteiger partial charge in [0.15, 0.2) is 0 Å². The minimum absolute atomic E-state index is 0.0991. The van der Waals surface area contributed by atoms with Gasteiger partial charge in [0, 0.05) is 37.3 Å². The van der Waals surface area contributed by atoms with Crippen LogP contribution in [0.1, 0.15) is 30.5 Å². The molecule has 1 aliphatic rings. The molecule has 1 aliphatic carbocycles. The molecule has 0 bridgehead atoms. The SMILES string of the molecule is Cc1nn(C)cc1CNC(=O)C1CCC(N)C1. The van der Waals surface area contributed by atoms with Gasteiger partial charge in [-0.15, -0.1) is 0 Å². The van der Waals surface area contributed by atoms with Crippen LogP contribution in [0.4, 0.5) is 0 Å². The normalized spacial score (nSPS) is 23.9. The Labute approximate surface area is 101 Å². The summed E-state index contributed by atoms with van der Waals surface area (Å²) >= 11 is 0. The van der Waals surface area contributed by atoms with E-state index in [0.717, 1.165) is 30.5 Å². The van der Waals surface area contributed by atoms with Crippen molar-refractivity contribution in [1.82, 2.24) is 15.1 Å². The average molecular weight is 236 g/mol. The van der Waals surface area contributed by atoms with Gasteiger partial charge in [-0.1, -0.05) is 0 Å². The molecule has 1 fully saturated rings. The van der Waals surface area contributed by atoms with E-state index in [1.54, 1.807) is 4.68 Å². The third-order valence-electron chi connectivity index (χ3n) is 3.41. The van der Waals surface area contributed by atoms with Crippen LogP contribution >= 0.6 is 0 Å². The van der Waals surface area contributed by atoms with Gasteiger partial charge in [0.05, 0.1) is 5.69 Å². The van der Waals surface area contributed by atoms with Gasteiger partial charge in [-0.25, -0.2) is 0 Å². The van der Waals surface area contributed by atoms with Crippen molar-refractivity contribution in [3.05, 3.63) is 17.5 Å². The van der Waals surface area contributed by atoms with Gasteiger partial charge in [0.1, 0.15) is 0 Å². The Balaban J connectivity index is 1.86. The van der Waals surface area contributed by atoms with Crippen molar-refractivity contribution < 1.29 is 4.79 Å². The number of rotatable bonds is 3. The van der Waals surface area contributed by atoms with Gasteiger partial charge in [-0.3, -0.25) is 9.48 Å². The van der Waals surface area contributed by atoms with E-state index in [-0.39, 0.29) is 17.9 Å². The monoisotopic (exact) mass is 236 g/mol. The van der Waals surface area contributed by atoms with E-state index < -0.39 is 0 Å². The lowest BCUT2D eigenvalue weighted by Gasteiger charge is -2.10. The van der Waals surface area contributed by atoms with Crippen molar-refractivity contribution in [3.8, 4) is 0 Å². The number of hydrogen-bond acceptors (Lipinski definition) is 3. The van der Waals surface area contributed by atoms with Gasteiger partial charge in [0.2, 0.25) is 5.91 Å². The average Bonchev–Trinajstić information content (AvgIpc) is 2.82. The molecule has 0 aliphatic heterocycles. The zero-order valence-corrected chi connectivity index (χ0v) is 10.4. The maximum Gasteiger partial charge on any atom is 0.223 e. The molecule has 3 N–H and O–H groups in total. The molecule has 0 radical (unpaired) electrons. The van der Waals surface area contributed by atoms with E-state index in [4.69, 9.17) is 5.73 Å². The molecule has 1 amide bonds. The molecular formula is C12H20N4O. The van der Waals surface area contributed by atoms with Gasteiger partial charge in [-0.05, 0) is 26.2 Å². The zero-order valence-electron chi connectivity index (χ0n) is 10.4. The molecule has 94 valence electrons. The summed E-state index contributed by atoms with van der Waals surface area (Å²) in [5, 5.41) is 7.21. The van der Waals surface area contributed by atoms with Gasteiger partial charge in [-0.2, -0.15) is 5.10 Å². The topological polar surface area (TPSA) is 72.9 Å². The van der Waals surface area contributed by atoms with Crippen molar-refractivity contribution in [1.29, 1.82) is 0 Å². The smallest absolute Gasteiger partial charge is 0.223 e. The molecule has 17 heavy (non-hydrogen) atoms. The number of aryl methyl sites for hydroxylation is 2. The molecule has 5 nitrogen and oxygen atoms in total. The minimum atomic E-state index is 0.0991. The quantitative estimate of drug-likeness (QED) is 0.801. The first-order valence-corrected chi connectivity index (χ1v) is 6.08. The van der Waals surface area contributed by atoms with Crippen molar-refractivity contribution >= 4 is 5.91 Å². The van der Waals surface area contributed by atoms with Gasteiger partial charge < -0.3 is 11.1 Å². The molecule has 0 aromatic carbocycles. The van der Waals surface area contributed by atoms with Gasteiger partial charge >= 0.3 is 0 Å². The Kier molecular flexibility index (Phi) is 3.47. The zero-order chi connectivity index (χ0) is 12.4. The van der Waals surface area contributed by atoms with E-state index in [1.807, 2.05) is 20.2 Å². The molecule has 5 heteroatoms. The molecule has 1 aromatic heterocycles. The summed E-state index contributed by atoms with van der Waals surface area (Å²) in [5.41, 5.74) is 7.85. The molecule has 0 spiro atoms. The van der Waals surface area contributed by atoms with Crippen LogP contribution in [0, 0.1) is 12.8 Å². The molecule has 2 rings (SSSR count). The fourth-order valence-corrected chi connectivity index (χ4v) is 2.40. The molecule has 1 saturated carbocycles. The van der Waals surface area contributed by atoms with E-state index in [0.29, 0.717) is 6.54 Å². The number of aromatic nitrogens is 2. The molecule has 1 heterocycles. The third kappa shape index (κ3) is 2.85. The largest absolute Gasteiger partial charge is 0.352 e. The minimum Gasteiger partial charge on any atom is -0.352 e. The maximum atomic E-state index is 11.9. The predicted octanol–water partition coefficient (Wildman–Crippen LogP) is 0.472. The van der Waals surface area contributed by atoms with Crippen LogP contribution in [-0.2, 0) is 18.4 Å². The number of nitrogens with zero attached hydrogens (tertiary/aromatic N) is 2. The number of nitrogens with two attached hydrogens (primary N) is 1. The van der Waals surface area contributed by atoms with Crippen LogP contribution in [-0.4, -0.2) is 21.7 Å². The first-order valence-electron chi connectivity index (χ1n) is 6.08. The second-order valence-electron chi connectivity index (χ2n) is 4.90. The van der Waals surface area contributed by atoms with Crippen molar-refractivity contribution in [2.24, 2.45) is 18.7 Å². The summed E-state index contributed by atoms with van der Waals surface area (Å²) in [6, 6.07) is 0.200. The van der Waals surface area contributed by atoms with Crippen molar-refractivity contribution in [2.75, 3.05) is 0 Å². The molecule has 2 atom stereocenters. The molecule has 1 aromatic rings. The van der Waals surface area contributed by atoms with Crippen LogP contribution in [0.25, 0.3) is 0 Å². The molecule has 2 unspecified atom stereocenters. The van der Waals surface area contributed by atoms with Crippen LogP contribution in [0.3, 0.4) is 0 Å². The Morgan fingerprint density at radius 2 is 2.41 bits per heavy atom. The summed E-state index contributed by atoms with van der Waals surface area (Å²) < 4.78 is 1.77. The number of nitrogens with one attached hydrogen (secondary N) is 1. The fraction of sp³-hybridized carbons (Fsp3) is 0.667. The Hall–Kier alpha value is -1.36. The Morgan fingerprint density at radius 1 is 1.65 bits per heavy atom. The van der Waals surface area contributed by atoms with Crippen LogP contribution < -0.4 is 11.1 Å². The highest BCUT2D eigenvalue weighted by Crippen LogP contribution is 2.24. The summed E-state index contributed by atoms with van der Waals surface area (Å²) in [6.07, 6.45) is 4.64. The predicted molar refractivity (Wildman–Crippen MR) is 65.1 cm³/mol. The lowest BCUT2D eigenvalue weighted by atomic mass is 10.1. The summed E-state index contributed by atoms with van der Waals surface area (Å²) in [5.74, 6) is 0.225. The number of carbonyl (C=O) groups is 1. The summed E-state index contributed by atoms with van der Waals surface area (Å²) in [6.45, 7) is 2.51. The Bertz CT molecular complexity index is 413. The van der Waals surface area contributed by atoms with Crippen LogP contribution in [0.5, 0.6) is 0 Å². The first-order chi connectivity index (χ1) is 8.06. The third-order valence-corrected chi connectivity index (χ3v) is 3.41. The highest BCUT2D eigenvalue weighted by Gasteiger charge is 2.27. The van der Waals surface area contributed by atoms with Crippen molar-refractivity contribution in [3.63, 3.8) is 0 Å². The van der Waals surface area contributed by atoms with Crippen LogP contribution in [0.15, 0.2) is 6.20 Å². The molecular weight excluding hydrogens is 216 g/mol. The first kappa shape index (κ1) is 12.1. The van der Waals surface area contributed by atoms with Gasteiger partial charge in [0.25, 0.3) is 0 Å². The van der Waals surface area contributed by atoms with E-state index in [1.165, 1.54) is 0 Å². The molecule has 0 saturated heterocycles. The number of hydrogen-bond donors (Lipinski definition) is 2. The second-order valence-corrected chi connectivity index (χ2v) is 4.90. The summed E-state index contributed by atoms with van der Waals surface area (Å²) in [7, 11) is 1.88. The summed E-state index contributed by atoms with van der Waals surface area (Å²) in [4.78, 5) is 11.9.